The summed E-state index contributed by atoms with van der Waals surface area (Å²) >= 11 is 0. The SMILES string of the molecule is N#CCCOc1ccc(C(F)(F)Oc2ccc(/C=C/C(=O)OCCOc3ccc(N)cc3N)cc2)cc1. The molecule has 0 fully saturated rings. The third-order valence-electron chi connectivity index (χ3n) is 4.83. The first-order chi connectivity index (χ1) is 17.8. The number of carbonyl (C=O) groups excluding carboxylic acids is 1. The number of benzene rings is 3. The normalized spacial score (nSPS) is 11.1. The first-order valence-electron chi connectivity index (χ1n) is 11.2. The highest BCUT2D eigenvalue weighted by Crippen LogP contribution is 2.32. The zero-order valence-electron chi connectivity index (χ0n) is 19.7. The molecule has 10 heteroatoms. The fraction of sp³-hybridized carbons (Fsp3) is 0.185. The lowest BCUT2D eigenvalue weighted by molar-refractivity contribution is -0.185. The number of nitrogens with two attached hydrogens (primary N) is 2. The van der Waals surface area contributed by atoms with Crippen molar-refractivity contribution in [3.05, 3.63) is 83.9 Å². The molecule has 0 amide bonds. The lowest BCUT2D eigenvalue weighted by atomic mass is 10.2. The van der Waals surface area contributed by atoms with Crippen molar-refractivity contribution in [2.75, 3.05) is 31.3 Å². The van der Waals surface area contributed by atoms with Gasteiger partial charge in [0, 0.05) is 11.8 Å². The van der Waals surface area contributed by atoms with E-state index in [0.717, 1.165) is 0 Å². The standard InChI is InChI=1S/C27H25F2N3O5/c28-27(29,20-5-10-22(11-6-20)34-15-1-14-30)37-23-8-2-19(3-9-23)4-13-26(33)36-17-16-35-25-12-7-21(31)18-24(25)32/h2-13,18H,1,15-17,31-32H2/b13-4+. The number of hydrogen-bond acceptors (Lipinski definition) is 8. The second-order valence-corrected chi connectivity index (χ2v) is 7.62. The van der Waals surface area contributed by atoms with Gasteiger partial charge in [0.15, 0.2) is 0 Å². The molecule has 3 rings (SSSR count). The Balaban J connectivity index is 1.45. The van der Waals surface area contributed by atoms with Gasteiger partial charge in [0.25, 0.3) is 0 Å². The van der Waals surface area contributed by atoms with Gasteiger partial charge in [-0.3, -0.25) is 0 Å². The Hall–Kier alpha value is -4.78. The van der Waals surface area contributed by atoms with Gasteiger partial charge < -0.3 is 30.4 Å². The maximum atomic E-state index is 14.5. The van der Waals surface area contributed by atoms with E-state index in [1.807, 2.05) is 6.07 Å². The summed E-state index contributed by atoms with van der Waals surface area (Å²) < 4.78 is 49.7. The quantitative estimate of drug-likeness (QED) is 0.153. The summed E-state index contributed by atoms with van der Waals surface area (Å²) in [6, 6.07) is 17.7. The summed E-state index contributed by atoms with van der Waals surface area (Å²) in [7, 11) is 0. The number of carbonyl (C=O) groups is 1. The highest BCUT2D eigenvalue weighted by Gasteiger charge is 2.34. The molecule has 37 heavy (non-hydrogen) atoms. The molecule has 0 heterocycles. The van der Waals surface area contributed by atoms with E-state index < -0.39 is 12.1 Å². The van der Waals surface area contributed by atoms with Crippen LogP contribution in [0.3, 0.4) is 0 Å². The lowest BCUT2D eigenvalue weighted by Gasteiger charge is -2.18. The van der Waals surface area contributed by atoms with E-state index in [1.165, 1.54) is 60.7 Å². The van der Waals surface area contributed by atoms with Crippen LogP contribution in [0.4, 0.5) is 20.2 Å². The van der Waals surface area contributed by atoms with Gasteiger partial charge >= 0.3 is 12.1 Å². The van der Waals surface area contributed by atoms with Crippen LogP contribution in [-0.2, 0) is 15.6 Å². The molecule has 0 aromatic heterocycles. The molecule has 4 N–H and O–H groups in total. The fourth-order valence-corrected chi connectivity index (χ4v) is 3.02. The van der Waals surface area contributed by atoms with E-state index in [1.54, 1.807) is 18.2 Å². The van der Waals surface area contributed by atoms with Crippen molar-refractivity contribution < 1.29 is 32.5 Å². The minimum Gasteiger partial charge on any atom is -0.493 e. The van der Waals surface area contributed by atoms with Crippen LogP contribution in [0.15, 0.2) is 72.8 Å². The number of nitrogens with zero attached hydrogens (tertiary/aromatic N) is 1. The van der Waals surface area contributed by atoms with E-state index in [2.05, 4.69) is 0 Å². The molecule has 3 aromatic rings. The summed E-state index contributed by atoms with van der Waals surface area (Å²) in [6.07, 6.45) is -0.689. The second-order valence-electron chi connectivity index (χ2n) is 7.62. The molecular formula is C27H25F2N3O5. The molecule has 0 aliphatic heterocycles. The third-order valence-corrected chi connectivity index (χ3v) is 4.83. The Morgan fingerprint density at radius 1 is 0.919 bits per heavy atom. The number of nitrogen functional groups attached to an aromatic ring is 2. The van der Waals surface area contributed by atoms with Gasteiger partial charge in [0.05, 0.1) is 23.7 Å². The van der Waals surface area contributed by atoms with E-state index in [0.29, 0.717) is 28.4 Å². The molecule has 8 nitrogen and oxygen atoms in total. The van der Waals surface area contributed by atoms with E-state index >= 15 is 0 Å². The van der Waals surface area contributed by atoms with E-state index in [-0.39, 0.29) is 37.6 Å². The molecule has 0 saturated carbocycles. The highest BCUT2D eigenvalue weighted by molar-refractivity contribution is 5.87. The minimum atomic E-state index is -3.58. The van der Waals surface area contributed by atoms with Crippen molar-refractivity contribution in [1.82, 2.24) is 0 Å². The average molecular weight is 510 g/mol. The number of rotatable bonds is 12. The van der Waals surface area contributed by atoms with Gasteiger partial charge in [-0.05, 0) is 66.2 Å². The first kappa shape index (κ1) is 26.8. The monoisotopic (exact) mass is 509 g/mol. The van der Waals surface area contributed by atoms with Crippen LogP contribution in [-0.4, -0.2) is 25.8 Å². The van der Waals surface area contributed by atoms with Crippen LogP contribution in [0, 0.1) is 11.3 Å². The molecule has 0 radical (unpaired) electrons. The number of halogens is 2. The van der Waals surface area contributed by atoms with Crippen molar-refractivity contribution in [3.63, 3.8) is 0 Å². The second kappa shape index (κ2) is 12.8. The van der Waals surface area contributed by atoms with Gasteiger partial charge in [-0.15, -0.1) is 0 Å². The van der Waals surface area contributed by atoms with Gasteiger partial charge in [-0.2, -0.15) is 14.0 Å². The van der Waals surface area contributed by atoms with E-state index in [4.69, 9.17) is 35.7 Å². The molecule has 0 atom stereocenters. The van der Waals surface area contributed by atoms with Crippen molar-refractivity contribution in [3.8, 4) is 23.3 Å². The van der Waals surface area contributed by atoms with Crippen LogP contribution < -0.4 is 25.7 Å². The minimum absolute atomic E-state index is 0.00181. The predicted octanol–water partition coefficient (Wildman–Crippen LogP) is 4.91. The molecule has 0 spiro atoms. The largest absolute Gasteiger partial charge is 0.493 e. The zero-order valence-corrected chi connectivity index (χ0v) is 19.7. The zero-order chi connectivity index (χ0) is 26.7. The van der Waals surface area contributed by atoms with Gasteiger partial charge in [0.1, 0.15) is 37.1 Å². The Labute approximate surface area is 212 Å². The fourth-order valence-electron chi connectivity index (χ4n) is 3.02. The molecule has 0 bridgehead atoms. The number of esters is 1. The number of alkyl halides is 2. The van der Waals surface area contributed by atoms with Crippen molar-refractivity contribution in [2.24, 2.45) is 0 Å². The van der Waals surface area contributed by atoms with Gasteiger partial charge in [-0.1, -0.05) is 12.1 Å². The number of ether oxygens (including phenoxy) is 4. The summed E-state index contributed by atoms with van der Waals surface area (Å²) in [6.45, 7) is 0.280. The molecule has 0 aliphatic carbocycles. The number of nitriles is 1. The van der Waals surface area contributed by atoms with E-state index in [9.17, 15) is 13.6 Å². The van der Waals surface area contributed by atoms with Crippen LogP contribution in [0.2, 0.25) is 0 Å². The highest BCUT2D eigenvalue weighted by atomic mass is 19.3. The number of anilines is 2. The third kappa shape index (κ3) is 8.43. The maximum Gasteiger partial charge on any atom is 0.426 e. The Morgan fingerprint density at radius 2 is 1.62 bits per heavy atom. The van der Waals surface area contributed by atoms with Crippen LogP contribution in [0.5, 0.6) is 17.2 Å². The molecular weight excluding hydrogens is 484 g/mol. The maximum absolute atomic E-state index is 14.5. The van der Waals surface area contributed by atoms with Gasteiger partial charge in [-0.25, -0.2) is 4.79 Å². The molecule has 3 aromatic carbocycles. The Kier molecular flexibility index (Phi) is 9.27. The van der Waals surface area contributed by atoms with Gasteiger partial charge in [0.2, 0.25) is 0 Å². The predicted molar refractivity (Wildman–Crippen MR) is 134 cm³/mol. The molecule has 0 aliphatic rings. The van der Waals surface area contributed by atoms with Crippen molar-refractivity contribution >= 4 is 23.4 Å². The molecule has 0 saturated heterocycles. The smallest absolute Gasteiger partial charge is 0.426 e. The topological polar surface area (TPSA) is 130 Å². The van der Waals surface area contributed by atoms with Crippen LogP contribution >= 0.6 is 0 Å². The average Bonchev–Trinajstić information content (AvgIpc) is 2.87. The molecule has 192 valence electrons. The van der Waals surface area contributed by atoms with Crippen molar-refractivity contribution in [2.45, 2.75) is 12.5 Å². The Morgan fingerprint density at radius 3 is 2.30 bits per heavy atom. The summed E-state index contributed by atoms with van der Waals surface area (Å²) in [4.78, 5) is 11.9. The van der Waals surface area contributed by atoms with Crippen molar-refractivity contribution in [1.29, 1.82) is 5.26 Å². The summed E-state index contributed by atoms with van der Waals surface area (Å²) in [5.74, 6) is 0.161. The van der Waals surface area contributed by atoms with Crippen LogP contribution in [0.1, 0.15) is 17.5 Å². The Bertz CT molecular complexity index is 1260. The van der Waals surface area contributed by atoms with Crippen LogP contribution in [0.25, 0.3) is 6.08 Å². The lowest BCUT2D eigenvalue weighted by Crippen LogP contribution is -2.21. The molecule has 0 unspecified atom stereocenters. The summed E-state index contributed by atoms with van der Waals surface area (Å²) in [5.41, 5.74) is 12.5. The first-order valence-corrected chi connectivity index (χ1v) is 11.2. The summed E-state index contributed by atoms with van der Waals surface area (Å²) in [5, 5.41) is 8.51. The number of hydrogen-bond donors (Lipinski definition) is 2.